The Balaban J connectivity index is 1.97. The molecule has 2 aromatic carbocycles. The van der Waals surface area contributed by atoms with Crippen LogP contribution >= 0.6 is 0 Å². The van der Waals surface area contributed by atoms with Crippen molar-refractivity contribution < 1.29 is 24.1 Å². The van der Waals surface area contributed by atoms with Crippen LogP contribution in [0.4, 0.5) is 15.1 Å². The smallest absolute Gasteiger partial charge is 0.414 e. The first-order valence-electron chi connectivity index (χ1n) is 9.73. The van der Waals surface area contributed by atoms with Crippen LogP contribution in [-0.2, 0) is 12.0 Å². The Hall–Kier alpha value is -3.79. The quantitative estimate of drug-likeness (QED) is 0.513. The maximum absolute atomic E-state index is 13.1. The second-order valence-electron chi connectivity index (χ2n) is 7.59. The summed E-state index contributed by atoms with van der Waals surface area (Å²) in [5.41, 5.74) is -0.399. The van der Waals surface area contributed by atoms with Crippen LogP contribution in [0.2, 0.25) is 0 Å². The first-order chi connectivity index (χ1) is 15.1. The van der Waals surface area contributed by atoms with Crippen LogP contribution in [0.1, 0.15) is 25.0 Å². The van der Waals surface area contributed by atoms with Gasteiger partial charge in [0.15, 0.2) is 0 Å². The molecule has 3 N–H and O–H groups in total. The number of aliphatic hydroxyl groups is 1. The minimum absolute atomic E-state index is 0.0403. The maximum Gasteiger partial charge on any atom is 0.414 e. The van der Waals surface area contributed by atoms with E-state index >= 15 is 0 Å². The van der Waals surface area contributed by atoms with E-state index in [1.807, 2.05) is 0 Å². The number of H-pyrrole nitrogens is 1. The van der Waals surface area contributed by atoms with Crippen LogP contribution in [0, 0.1) is 5.82 Å². The Kier molecular flexibility index (Phi) is 6.54. The summed E-state index contributed by atoms with van der Waals surface area (Å²) in [6, 6.07) is 10.5. The lowest BCUT2D eigenvalue weighted by molar-refractivity contribution is 0.0757. The van der Waals surface area contributed by atoms with E-state index in [1.54, 1.807) is 44.2 Å². The molecule has 0 aliphatic rings. The predicted octanol–water partition coefficient (Wildman–Crippen LogP) is 2.93. The van der Waals surface area contributed by atoms with Crippen LogP contribution in [0.5, 0.6) is 5.75 Å². The van der Waals surface area contributed by atoms with Gasteiger partial charge in [0.05, 0.1) is 12.7 Å². The Morgan fingerprint density at radius 2 is 1.88 bits per heavy atom. The molecule has 0 aliphatic carbocycles. The molecular formula is C22H23FN4O5. The molecule has 0 atom stereocenters. The highest BCUT2D eigenvalue weighted by Crippen LogP contribution is 2.32. The summed E-state index contributed by atoms with van der Waals surface area (Å²) in [6.45, 7) is 3.14. The van der Waals surface area contributed by atoms with Crippen molar-refractivity contribution in [3.8, 4) is 17.1 Å². The number of anilines is 1. The van der Waals surface area contributed by atoms with Crippen molar-refractivity contribution in [2.45, 2.75) is 25.9 Å². The molecule has 0 spiro atoms. The lowest BCUT2D eigenvalue weighted by atomic mass is 9.95. The number of nitrogens with one attached hydrogen (secondary N) is 1. The molecule has 0 saturated carbocycles. The van der Waals surface area contributed by atoms with E-state index in [9.17, 15) is 24.2 Å². The Morgan fingerprint density at radius 1 is 1.19 bits per heavy atom. The normalized spacial score (nSPS) is 11.3. The molecule has 3 aromatic rings. The minimum atomic E-state index is -1.34. The van der Waals surface area contributed by atoms with Gasteiger partial charge >= 0.3 is 11.8 Å². The first kappa shape index (κ1) is 22.9. The number of carboxylic acid groups (broad SMARTS) is 1. The summed E-state index contributed by atoms with van der Waals surface area (Å²) in [6.07, 6.45) is -1.07. The fraction of sp³-hybridized carbons (Fsp3) is 0.273. The van der Waals surface area contributed by atoms with Gasteiger partial charge in [-0.25, -0.2) is 18.9 Å². The number of aromatic nitrogens is 3. The zero-order valence-electron chi connectivity index (χ0n) is 17.8. The molecule has 1 aromatic heterocycles. The van der Waals surface area contributed by atoms with E-state index < -0.39 is 23.2 Å². The Labute approximate surface area is 183 Å². The number of methoxy groups -OCH3 is 1. The van der Waals surface area contributed by atoms with E-state index in [0.29, 0.717) is 22.4 Å². The summed E-state index contributed by atoms with van der Waals surface area (Å²) in [5, 5.41) is 20.1. The number of aromatic amines is 1. The van der Waals surface area contributed by atoms with E-state index in [0.717, 1.165) is 4.90 Å². The number of rotatable bonds is 7. The van der Waals surface area contributed by atoms with E-state index in [-0.39, 0.29) is 24.7 Å². The summed E-state index contributed by atoms with van der Waals surface area (Å²) in [4.78, 5) is 35.3. The standard InChI is InChI=1S/C22H23FN4O5/c1-22(2,31)16-12-14(6-9-17(16)32-3)18-24-19(26-20(28)25-18)27(21(29)30)11-10-13-4-7-15(23)8-5-13/h4-9,12,31H,10-11H2,1-3H3,(H,29,30)(H,24,25,26,28). The molecule has 1 amide bonds. The maximum atomic E-state index is 13.1. The third-order valence-corrected chi connectivity index (χ3v) is 4.78. The first-order valence-corrected chi connectivity index (χ1v) is 9.73. The molecule has 0 saturated heterocycles. The van der Waals surface area contributed by atoms with Gasteiger partial charge in [-0.3, -0.25) is 4.98 Å². The number of hydrogen-bond acceptors (Lipinski definition) is 6. The number of amides is 1. The zero-order chi connectivity index (χ0) is 23.5. The summed E-state index contributed by atoms with van der Waals surface area (Å²) < 4.78 is 18.4. The Morgan fingerprint density at radius 3 is 2.47 bits per heavy atom. The van der Waals surface area contributed by atoms with Gasteiger partial charge in [-0.1, -0.05) is 12.1 Å². The molecule has 0 aliphatic heterocycles. The van der Waals surface area contributed by atoms with Gasteiger partial charge in [-0.05, 0) is 56.2 Å². The minimum Gasteiger partial charge on any atom is -0.496 e. The number of ether oxygens (including phenoxy) is 1. The van der Waals surface area contributed by atoms with Crippen LogP contribution in [0.3, 0.4) is 0 Å². The molecule has 0 fully saturated rings. The summed E-state index contributed by atoms with van der Waals surface area (Å²) >= 11 is 0. The van der Waals surface area contributed by atoms with Crippen molar-refractivity contribution in [3.05, 3.63) is 69.9 Å². The molecule has 9 nitrogen and oxygen atoms in total. The number of nitrogens with zero attached hydrogens (tertiary/aromatic N) is 3. The molecule has 1 heterocycles. The summed E-state index contributed by atoms with van der Waals surface area (Å²) in [5.74, 6) is -0.152. The van der Waals surface area contributed by atoms with Crippen molar-refractivity contribution in [3.63, 3.8) is 0 Å². The largest absolute Gasteiger partial charge is 0.496 e. The fourth-order valence-corrected chi connectivity index (χ4v) is 3.14. The molecule has 0 bridgehead atoms. The monoisotopic (exact) mass is 442 g/mol. The lowest BCUT2D eigenvalue weighted by Gasteiger charge is -2.22. The van der Waals surface area contributed by atoms with E-state index in [2.05, 4.69) is 15.0 Å². The van der Waals surface area contributed by atoms with Gasteiger partial charge < -0.3 is 14.9 Å². The van der Waals surface area contributed by atoms with Gasteiger partial charge in [0.25, 0.3) is 0 Å². The van der Waals surface area contributed by atoms with Crippen molar-refractivity contribution in [1.82, 2.24) is 15.0 Å². The van der Waals surface area contributed by atoms with Gasteiger partial charge in [0, 0.05) is 17.7 Å². The van der Waals surface area contributed by atoms with Crippen molar-refractivity contribution >= 4 is 12.0 Å². The highest BCUT2D eigenvalue weighted by Gasteiger charge is 2.23. The van der Waals surface area contributed by atoms with Gasteiger partial charge in [-0.2, -0.15) is 9.97 Å². The molecule has 10 heteroatoms. The Bertz CT molecular complexity index is 1170. The van der Waals surface area contributed by atoms with Crippen molar-refractivity contribution in [2.75, 3.05) is 18.6 Å². The summed E-state index contributed by atoms with van der Waals surface area (Å²) in [7, 11) is 1.47. The molecule has 0 unspecified atom stereocenters. The van der Waals surface area contributed by atoms with Crippen molar-refractivity contribution in [1.29, 1.82) is 0 Å². The third-order valence-electron chi connectivity index (χ3n) is 4.78. The highest BCUT2D eigenvalue weighted by atomic mass is 19.1. The molecular weight excluding hydrogens is 419 g/mol. The van der Waals surface area contributed by atoms with Gasteiger partial charge in [0.1, 0.15) is 17.4 Å². The lowest BCUT2D eigenvalue weighted by Crippen LogP contribution is -2.35. The van der Waals surface area contributed by atoms with Crippen molar-refractivity contribution in [2.24, 2.45) is 0 Å². The zero-order valence-corrected chi connectivity index (χ0v) is 17.8. The van der Waals surface area contributed by atoms with E-state index in [1.165, 1.54) is 19.2 Å². The highest BCUT2D eigenvalue weighted by molar-refractivity contribution is 5.83. The number of hydrogen-bond donors (Lipinski definition) is 3. The van der Waals surface area contributed by atoms with Crippen LogP contribution in [0.25, 0.3) is 11.4 Å². The number of carbonyl (C=O) groups is 1. The number of halogens is 1. The molecule has 3 rings (SSSR count). The molecule has 32 heavy (non-hydrogen) atoms. The van der Waals surface area contributed by atoms with Gasteiger partial charge in [0.2, 0.25) is 5.95 Å². The second kappa shape index (κ2) is 9.15. The number of benzene rings is 2. The van der Waals surface area contributed by atoms with Crippen LogP contribution < -0.4 is 15.3 Å². The topological polar surface area (TPSA) is 129 Å². The fourth-order valence-electron chi connectivity index (χ4n) is 3.14. The van der Waals surface area contributed by atoms with E-state index in [4.69, 9.17) is 4.74 Å². The third kappa shape index (κ3) is 5.27. The van der Waals surface area contributed by atoms with Gasteiger partial charge in [-0.15, -0.1) is 0 Å². The molecule has 168 valence electrons. The SMILES string of the molecule is COc1ccc(-c2nc(N(CCc3ccc(F)cc3)C(=O)O)nc(=O)[nH]2)cc1C(C)(C)O. The van der Waals surface area contributed by atoms with Crippen LogP contribution in [-0.4, -0.2) is 44.9 Å². The average molecular weight is 442 g/mol. The second-order valence-corrected chi connectivity index (χ2v) is 7.59. The predicted molar refractivity (Wildman–Crippen MR) is 115 cm³/mol. The molecule has 0 radical (unpaired) electrons. The van der Waals surface area contributed by atoms with Crippen LogP contribution in [0.15, 0.2) is 47.3 Å². The average Bonchev–Trinajstić information content (AvgIpc) is 2.73.